The molecule has 0 unspecified atom stereocenters. The number of aromatic nitrogens is 2. The van der Waals surface area contributed by atoms with Crippen LogP contribution in [0.2, 0.25) is 0 Å². The molecule has 8 heteroatoms. The fourth-order valence-electron chi connectivity index (χ4n) is 1.29. The number of morpholine rings is 1. The number of rotatable bonds is 2. The molecule has 0 radical (unpaired) electrons. The number of nitrogens with one attached hydrogen (secondary N) is 1. The van der Waals surface area contributed by atoms with Crippen LogP contribution in [0.1, 0.15) is 0 Å². The smallest absolute Gasteiger partial charge is 0.304 e. The lowest BCUT2D eigenvalue weighted by molar-refractivity contribution is -0.759. The highest BCUT2D eigenvalue weighted by molar-refractivity contribution is 5.78. The Labute approximate surface area is 85.0 Å². The van der Waals surface area contributed by atoms with Gasteiger partial charge in [0.15, 0.2) is 0 Å². The number of ether oxygens (including phenoxy) is 1. The van der Waals surface area contributed by atoms with E-state index in [2.05, 4.69) is 5.27 Å². The maximum atomic E-state index is 10.2. The SMILES string of the molecule is O=C([O-])Nc1c[n+](N2CCOCC2)no1. The van der Waals surface area contributed by atoms with Crippen molar-refractivity contribution in [2.24, 2.45) is 0 Å². The summed E-state index contributed by atoms with van der Waals surface area (Å²) in [6.45, 7) is 2.59. The summed E-state index contributed by atoms with van der Waals surface area (Å²) in [7, 11) is 0. The van der Waals surface area contributed by atoms with Crippen LogP contribution in [0.5, 0.6) is 0 Å². The molecule has 1 fully saturated rings. The Morgan fingerprint density at radius 1 is 1.60 bits per heavy atom. The second-order valence-electron chi connectivity index (χ2n) is 2.97. The molecule has 2 heterocycles. The standard InChI is InChI=1S/C7H10N4O4/c12-7(13)8-6-5-11(9-15-6)10-1-3-14-4-2-10/h5H,1-4H2,(H-,8,9,12,13). The fraction of sp³-hybridized carbons (Fsp3) is 0.571. The summed E-state index contributed by atoms with van der Waals surface area (Å²) < 4.78 is 9.89. The molecule has 8 nitrogen and oxygen atoms in total. The number of carbonyl (C=O) groups is 1. The predicted molar refractivity (Wildman–Crippen MR) is 44.5 cm³/mol. The molecule has 2 rings (SSSR count). The topological polar surface area (TPSA) is 94.5 Å². The van der Waals surface area contributed by atoms with E-state index in [9.17, 15) is 9.90 Å². The molecule has 0 bridgehead atoms. The molecule has 0 spiro atoms. The number of amides is 1. The van der Waals surface area contributed by atoms with Gasteiger partial charge in [0, 0.05) is 0 Å². The highest BCUT2D eigenvalue weighted by Crippen LogP contribution is 1.99. The van der Waals surface area contributed by atoms with Crippen LogP contribution < -0.4 is 20.2 Å². The second-order valence-corrected chi connectivity index (χ2v) is 2.97. The van der Waals surface area contributed by atoms with Crippen molar-refractivity contribution in [2.45, 2.75) is 0 Å². The number of anilines is 1. The molecule has 1 aliphatic rings. The van der Waals surface area contributed by atoms with Gasteiger partial charge in [0.05, 0.1) is 31.1 Å². The minimum absolute atomic E-state index is 0.0292. The molecule has 0 aliphatic carbocycles. The van der Waals surface area contributed by atoms with Gasteiger partial charge in [0.25, 0.3) is 6.20 Å². The van der Waals surface area contributed by atoms with Crippen molar-refractivity contribution in [3.8, 4) is 0 Å². The van der Waals surface area contributed by atoms with Crippen molar-refractivity contribution in [3.05, 3.63) is 6.20 Å². The van der Waals surface area contributed by atoms with Crippen molar-refractivity contribution in [1.29, 1.82) is 0 Å². The molecular weight excluding hydrogens is 204 g/mol. The van der Waals surface area contributed by atoms with Crippen molar-refractivity contribution in [2.75, 3.05) is 36.6 Å². The van der Waals surface area contributed by atoms with Gasteiger partial charge in [-0.2, -0.15) is 0 Å². The lowest BCUT2D eigenvalue weighted by atomic mass is 10.5. The summed E-state index contributed by atoms with van der Waals surface area (Å²) in [4.78, 5) is 11.6. The van der Waals surface area contributed by atoms with E-state index in [1.165, 1.54) is 11.0 Å². The van der Waals surface area contributed by atoms with Crippen LogP contribution in [0.3, 0.4) is 0 Å². The lowest BCUT2D eigenvalue weighted by Gasteiger charge is -2.18. The zero-order valence-corrected chi connectivity index (χ0v) is 7.88. The van der Waals surface area contributed by atoms with Crippen LogP contribution in [0, 0.1) is 0 Å². The Hall–Kier alpha value is -1.83. The van der Waals surface area contributed by atoms with Crippen LogP contribution in [0.15, 0.2) is 10.7 Å². The van der Waals surface area contributed by atoms with E-state index in [1.54, 1.807) is 0 Å². The van der Waals surface area contributed by atoms with E-state index >= 15 is 0 Å². The van der Waals surface area contributed by atoms with Gasteiger partial charge >= 0.3 is 5.88 Å². The van der Waals surface area contributed by atoms with E-state index in [0.717, 1.165) is 0 Å². The average Bonchev–Trinajstić information content (AvgIpc) is 2.67. The van der Waals surface area contributed by atoms with Crippen LogP contribution >= 0.6 is 0 Å². The molecule has 15 heavy (non-hydrogen) atoms. The molecule has 0 atom stereocenters. The van der Waals surface area contributed by atoms with Crippen LogP contribution in [0.4, 0.5) is 10.7 Å². The Morgan fingerprint density at radius 2 is 2.33 bits per heavy atom. The first kappa shape index (κ1) is 9.71. The zero-order valence-electron chi connectivity index (χ0n) is 7.88. The van der Waals surface area contributed by atoms with Crippen LogP contribution in [-0.2, 0) is 4.74 Å². The minimum Gasteiger partial charge on any atom is -0.530 e. The number of hydrogen-bond acceptors (Lipinski definition) is 6. The largest absolute Gasteiger partial charge is 0.530 e. The number of carboxylic acid groups (broad SMARTS) is 1. The van der Waals surface area contributed by atoms with Crippen molar-refractivity contribution < 1.29 is 24.0 Å². The Bertz CT molecular complexity index is 347. The molecule has 82 valence electrons. The third-order valence-electron chi connectivity index (χ3n) is 1.96. The number of carbonyl (C=O) groups excluding carboxylic acids is 1. The van der Waals surface area contributed by atoms with Crippen LogP contribution in [0.25, 0.3) is 0 Å². The van der Waals surface area contributed by atoms with Crippen molar-refractivity contribution >= 4 is 12.0 Å². The molecule has 1 aliphatic heterocycles. The summed E-state index contributed by atoms with van der Waals surface area (Å²) in [5.41, 5.74) is 0. The fourth-order valence-corrected chi connectivity index (χ4v) is 1.29. The lowest BCUT2D eigenvalue weighted by Crippen LogP contribution is -2.62. The van der Waals surface area contributed by atoms with E-state index in [0.29, 0.717) is 26.3 Å². The van der Waals surface area contributed by atoms with E-state index in [1.807, 2.05) is 10.3 Å². The first-order valence-corrected chi connectivity index (χ1v) is 4.45. The summed E-state index contributed by atoms with van der Waals surface area (Å²) in [6, 6.07) is 0. The van der Waals surface area contributed by atoms with Gasteiger partial charge in [0.1, 0.15) is 6.09 Å². The maximum Gasteiger partial charge on any atom is 0.304 e. The minimum atomic E-state index is -1.43. The molecule has 1 amide bonds. The maximum absolute atomic E-state index is 10.2. The summed E-state index contributed by atoms with van der Waals surface area (Å²) in [5, 5.41) is 17.7. The molecule has 1 saturated heterocycles. The van der Waals surface area contributed by atoms with Gasteiger partial charge in [-0.15, -0.1) is 5.01 Å². The van der Waals surface area contributed by atoms with Gasteiger partial charge in [0.2, 0.25) is 5.27 Å². The highest BCUT2D eigenvalue weighted by Gasteiger charge is 2.22. The van der Waals surface area contributed by atoms with Gasteiger partial charge in [-0.05, 0) is 0 Å². The zero-order chi connectivity index (χ0) is 10.7. The third-order valence-corrected chi connectivity index (χ3v) is 1.96. The van der Waals surface area contributed by atoms with E-state index in [-0.39, 0.29) is 5.88 Å². The normalized spacial score (nSPS) is 16.4. The van der Waals surface area contributed by atoms with Crippen molar-refractivity contribution in [3.63, 3.8) is 0 Å². The molecular formula is C7H10N4O4. The summed E-state index contributed by atoms with van der Waals surface area (Å²) in [5.74, 6) is 0.0292. The second kappa shape index (κ2) is 4.13. The molecule has 1 aromatic rings. The average molecular weight is 214 g/mol. The highest BCUT2D eigenvalue weighted by atomic mass is 16.5. The molecule has 0 saturated carbocycles. The van der Waals surface area contributed by atoms with Gasteiger partial charge in [-0.3, -0.25) is 4.52 Å². The van der Waals surface area contributed by atoms with Gasteiger partial charge < -0.3 is 20.0 Å². The molecule has 1 N–H and O–H groups in total. The third kappa shape index (κ3) is 2.34. The Balaban J connectivity index is 2.02. The van der Waals surface area contributed by atoms with Gasteiger partial charge in [-0.25, -0.2) is 0 Å². The Kier molecular flexibility index (Phi) is 2.68. The first-order valence-electron chi connectivity index (χ1n) is 4.45. The monoisotopic (exact) mass is 214 g/mol. The van der Waals surface area contributed by atoms with E-state index < -0.39 is 6.09 Å². The Morgan fingerprint density at radius 3 is 3.00 bits per heavy atom. The van der Waals surface area contributed by atoms with Gasteiger partial charge in [-0.1, -0.05) is 0 Å². The number of nitrogens with zero attached hydrogens (tertiary/aromatic N) is 3. The first-order chi connectivity index (χ1) is 7.25. The van der Waals surface area contributed by atoms with Crippen molar-refractivity contribution in [1.82, 2.24) is 5.27 Å². The number of hydrogen-bond donors (Lipinski definition) is 1. The van der Waals surface area contributed by atoms with Crippen LogP contribution in [-0.4, -0.2) is 37.7 Å². The van der Waals surface area contributed by atoms with E-state index in [4.69, 9.17) is 9.26 Å². The summed E-state index contributed by atoms with van der Waals surface area (Å²) in [6.07, 6.45) is 0.00137. The molecule has 0 aromatic carbocycles. The predicted octanol–water partition coefficient (Wildman–Crippen LogP) is -2.31. The molecule has 1 aromatic heterocycles. The summed E-state index contributed by atoms with van der Waals surface area (Å²) >= 11 is 0. The quantitative estimate of drug-likeness (QED) is 0.555.